The average Bonchev–Trinajstić information content (AvgIpc) is 2.91. The molecular weight excluding hydrogens is 319 g/mol. The lowest BCUT2D eigenvalue weighted by Gasteiger charge is -2.16. The Morgan fingerprint density at radius 2 is 1.92 bits per heavy atom. The van der Waals surface area contributed by atoms with Crippen LogP contribution < -0.4 is 9.64 Å². The van der Waals surface area contributed by atoms with E-state index in [1.165, 1.54) is 11.0 Å². The van der Waals surface area contributed by atoms with Crippen molar-refractivity contribution in [2.75, 3.05) is 18.6 Å². The van der Waals surface area contributed by atoms with E-state index in [4.69, 9.17) is 4.74 Å². The van der Waals surface area contributed by atoms with Gasteiger partial charge in [0.2, 0.25) is 0 Å². The van der Waals surface area contributed by atoms with E-state index < -0.39 is 0 Å². The van der Waals surface area contributed by atoms with E-state index in [1.54, 1.807) is 19.2 Å². The van der Waals surface area contributed by atoms with Crippen molar-refractivity contribution in [2.45, 2.75) is 26.3 Å². The summed E-state index contributed by atoms with van der Waals surface area (Å²) in [6.45, 7) is 2.91. The number of carbonyl (C=O) groups excluding carboxylic acids is 1. The topological polar surface area (TPSA) is 41.9 Å². The number of para-hydroxylation sites is 1. The van der Waals surface area contributed by atoms with Gasteiger partial charge in [0.15, 0.2) is 0 Å². The molecule has 5 heteroatoms. The van der Waals surface area contributed by atoms with Crippen molar-refractivity contribution < 1.29 is 13.9 Å². The number of nitrogens with zero attached hydrogens (tertiary/aromatic N) is 2. The molecule has 0 saturated carbocycles. The zero-order valence-electron chi connectivity index (χ0n) is 14.5. The van der Waals surface area contributed by atoms with Crippen molar-refractivity contribution >= 4 is 17.3 Å². The number of amides is 1. The SMILES string of the molecule is CCCCN1C(=O)C(=NCc2ccc(OC)cc2)c2cccc(F)c21. The van der Waals surface area contributed by atoms with Gasteiger partial charge in [0, 0.05) is 12.1 Å². The van der Waals surface area contributed by atoms with Gasteiger partial charge in [-0.15, -0.1) is 0 Å². The minimum Gasteiger partial charge on any atom is -0.497 e. The van der Waals surface area contributed by atoms with Gasteiger partial charge >= 0.3 is 0 Å². The quantitative estimate of drug-likeness (QED) is 0.798. The number of aliphatic imine (C=N–C) groups is 1. The first-order chi connectivity index (χ1) is 12.2. The molecule has 1 aliphatic heterocycles. The number of benzene rings is 2. The van der Waals surface area contributed by atoms with Crippen LogP contribution in [0.15, 0.2) is 47.5 Å². The molecule has 1 aliphatic rings. The van der Waals surface area contributed by atoms with E-state index in [2.05, 4.69) is 4.99 Å². The molecule has 0 radical (unpaired) electrons. The number of halogens is 1. The van der Waals surface area contributed by atoms with Gasteiger partial charge in [-0.25, -0.2) is 4.39 Å². The van der Waals surface area contributed by atoms with Crippen LogP contribution in [0.1, 0.15) is 30.9 Å². The molecule has 25 heavy (non-hydrogen) atoms. The molecule has 0 N–H and O–H groups in total. The fourth-order valence-electron chi connectivity index (χ4n) is 2.91. The third kappa shape index (κ3) is 3.40. The molecule has 0 spiro atoms. The lowest BCUT2D eigenvalue weighted by atomic mass is 10.1. The van der Waals surface area contributed by atoms with Crippen LogP contribution in [0.4, 0.5) is 10.1 Å². The molecule has 1 heterocycles. The molecule has 0 unspecified atom stereocenters. The molecule has 1 amide bonds. The summed E-state index contributed by atoms with van der Waals surface area (Å²) in [6.07, 6.45) is 1.76. The first kappa shape index (κ1) is 17.1. The lowest BCUT2D eigenvalue weighted by Crippen LogP contribution is -2.31. The first-order valence-electron chi connectivity index (χ1n) is 8.43. The highest BCUT2D eigenvalue weighted by Gasteiger charge is 2.35. The number of rotatable bonds is 6. The van der Waals surface area contributed by atoms with Gasteiger partial charge in [-0.1, -0.05) is 37.6 Å². The monoisotopic (exact) mass is 340 g/mol. The smallest absolute Gasteiger partial charge is 0.277 e. The summed E-state index contributed by atoms with van der Waals surface area (Å²) in [5.74, 6) is 0.171. The summed E-state index contributed by atoms with van der Waals surface area (Å²) in [7, 11) is 1.61. The minimum atomic E-state index is -0.378. The Labute approximate surface area is 146 Å². The standard InChI is InChI=1S/C20H21FN2O2/c1-3-4-12-23-19-16(6-5-7-17(19)21)18(20(23)24)22-13-14-8-10-15(25-2)11-9-14/h5-11H,3-4,12-13H2,1-2H3. The molecule has 0 aromatic heterocycles. The van der Waals surface area contributed by atoms with Gasteiger partial charge in [-0.05, 0) is 30.2 Å². The minimum absolute atomic E-state index is 0.220. The van der Waals surface area contributed by atoms with Crippen LogP contribution in [-0.4, -0.2) is 25.3 Å². The summed E-state index contributed by atoms with van der Waals surface area (Å²) in [6, 6.07) is 12.3. The van der Waals surface area contributed by atoms with E-state index in [0.717, 1.165) is 24.2 Å². The first-order valence-corrected chi connectivity index (χ1v) is 8.43. The van der Waals surface area contributed by atoms with Crippen molar-refractivity contribution in [3.8, 4) is 5.75 Å². The van der Waals surface area contributed by atoms with E-state index in [-0.39, 0.29) is 11.7 Å². The van der Waals surface area contributed by atoms with E-state index in [9.17, 15) is 9.18 Å². The summed E-state index contributed by atoms with van der Waals surface area (Å²) in [4.78, 5) is 18.8. The third-order valence-electron chi connectivity index (χ3n) is 4.27. The lowest BCUT2D eigenvalue weighted by molar-refractivity contribution is -0.112. The molecule has 0 atom stereocenters. The second-order valence-electron chi connectivity index (χ2n) is 5.96. The summed E-state index contributed by atoms with van der Waals surface area (Å²) < 4.78 is 19.4. The summed E-state index contributed by atoms with van der Waals surface area (Å²) in [5, 5.41) is 0. The zero-order valence-corrected chi connectivity index (χ0v) is 14.5. The van der Waals surface area contributed by atoms with Crippen molar-refractivity contribution in [2.24, 2.45) is 4.99 Å². The van der Waals surface area contributed by atoms with Gasteiger partial charge < -0.3 is 9.64 Å². The number of hydrogen-bond donors (Lipinski definition) is 0. The largest absolute Gasteiger partial charge is 0.497 e. The number of fused-ring (bicyclic) bond motifs is 1. The molecule has 2 aromatic carbocycles. The van der Waals surface area contributed by atoms with Crippen molar-refractivity contribution in [3.05, 3.63) is 59.4 Å². The third-order valence-corrected chi connectivity index (χ3v) is 4.27. The summed E-state index contributed by atoms with van der Waals surface area (Å²) >= 11 is 0. The number of anilines is 1. The van der Waals surface area contributed by atoms with Crippen LogP contribution in [0.2, 0.25) is 0 Å². The molecular formula is C20H21FN2O2. The maximum atomic E-state index is 14.3. The van der Waals surface area contributed by atoms with Gasteiger partial charge in [0.1, 0.15) is 17.3 Å². The predicted octanol–water partition coefficient (Wildman–Crippen LogP) is 3.97. The molecule has 2 aromatic rings. The Bertz CT molecular complexity index is 800. The number of hydrogen-bond acceptors (Lipinski definition) is 3. The highest BCUT2D eigenvalue weighted by atomic mass is 19.1. The number of methoxy groups -OCH3 is 1. The average molecular weight is 340 g/mol. The van der Waals surface area contributed by atoms with Crippen LogP contribution in [-0.2, 0) is 11.3 Å². The normalized spacial score (nSPS) is 14.9. The molecule has 0 fully saturated rings. The van der Waals surface area contributed by atoms with Crippen LogP contribution in [0.3, 0.4) is 0 Å². The Morgan fingerprint density at radius 3 is 2.60 bits per heavy atom. The maximum absolute atomic E-state index is 14.3. The molecule has 4 nitrogen and oxygen atoms in total. The number of unbranched alkanes of at least 4 members (excludes halogenated alkanes) is 1. The second-order valence-corrected chi connectivity index (χ2v) is 5.96. The fourth-order valence-corrected chi connectivity index (χ4v) is 2.91. The highest BCUT2D eigenvalue weighted by molar-refractivity contribution is 6.54. The van der Waals surface area contributed by atoms with Gasteiger partial charge in [0.05, 0.1) is 19.3 Å². The Morgan fingerprint density at radius 1 is 1.16 bits per heavy atom. The van der Waals surface area contributed by atoms with Gasteiger partial charge in [-0.3, -0.25) is 9.79 Å². The number of carbonyl (C=O) groups is 1. The Balaban J connectivity index is 1.90. The Hall–Kier alpha value is -2.69. The summed E-state index contributed by atoms with van der Waals surface area (Å²) in [5.41, 5.74) is 2.23. The zero-order chi connectivity index (χ0) is 17.8. The Kier molecular flexibility index (Phi) is 5.12. The van der Waals surface area contributed by atoms with Crippen LogP contribution in [0.5, 0.6) is 5.75 Å². The second kappa shape index (κ2) is 7.47. The fraction of sp³-hybridized carbons (Fsp3) is 0.300. The van der Waals surface area contributed by atoms with Crippen LogP contribution >= 0.6 is 0 Å². The molecule has 3 rings (SSSR count). The molecule has 130 valence electrons. The number of ether oxygens (including phenoxy) is 1. The molecule has 0 bridgehead atoms. The van der Waals surface area contributed by atoms with E-state index in [1.807, 2.05) is 31.2 Å². The van der Waals surface area contributed by atoms with Crippen molar-refractivity contribution in [1.82, 2.24) is 0 Å². The van der Waals surface area contributed by atoms with Crippen LogP contribution in [0, 0.1) is 5.82 Å². The molecule has 0 aliphatic carbocycles. The maximum Gasteiger partial charge on any atom is 0.277 e. The van der Waals surface area contributed by atoms with Gasteiger partial charge in [0.25, 0.3) is 5.91 Å². The van der Waals surface area contributed by atoms with E-state index in [0.29, 0.717) is 30.1 Å². The predicted molar refractivity (Wildman–Crippen MR) is 96.9 cm³/mol. The van der Waals surface area contributed by atoms with E-state index >= 15 is 0 Å². The van der Waals surface area contributed by atoms with Gasteiger partial charge in [-0.2, -0.15) is 0 Å². The molecule has 0 saturated heterocycles. The highest BCUT2D eigenvalue weighted by Crippen LogP contribution is 2.32. The van der Waals surface area contributed by atoms with Crippen molar-refractivity contribution in [1.29, 1.82) is 0 Å². The van der Waals surface area contributed by atoms with Crippen molar-refractivity contribution in [3.63, 3.8) is 0 Å². The van der Waals surface area contributed by atoms with Crippen LogP contribution in [0.25, 0.3) is 0 Å².